The van der Waals surface area contributed by atoms with Crippen LogP contribution in [0.2, 0.25) is 0 Å². The van der Waals surface area contributed by atoms with E-state index in [1.165, 1.54) is 11.3 Å². The van der Waals surface area contributed by atoms with Gasteiger partial charge < -0.3 is 10.6 Å². The van der Waals surface area contributed by atoms with Gasteiger partial charge in [-0.3, -0.25) is 4.79 Å². The Morgan fingerprint density at radius 1 is 0.913 bits per heavy atom. The van der Waals surface area contributed by atoms with E-state index in [0.29, 0.717) is 4.88 Å². The molecule has 0 aliphatic rings. The molecule has 0 radical (unpaired) electrons. The van der Waals surface area contributed by atoms with Crippen molar-refractivity contribution in [3.8, 4) is 0 Å². The number of nitrogens with zero attached hydrogens (tertiary/aromatic N) is 1. The zero-order chi connectivity index (χ0) is 16.2. The van der Waals surface area contributed by atoms with Gasteiger partial charge in [0.1, 0.15) is 4.88 Å². The van der Waals surface area contributed by atoms with Crippen LogP contribution in [0.25, 0.3) is 0 Å². The predicted molar refractivity (Wildman–Crippen MR) is 95.7 cm³/mol. The molecule has 5 heteroatoms. The molecule has 2 aromatic carbocycles. The highest BCUT2D eigenvalue weighted by Gasteiger charge is 2.13. The lowest BCUT2D eigenvalue weighted by Gasteiger charge is -2.08. The monoisotopic (exact) mass is 323 g/mol. The number of thiazole rings is 1. The Morgan fingerprint density at radius 3 is 2.13 bits per heavy atom. The zero-order valence-corrected chi connectivity index (χ0v) is 13.8. The van der Waals surface area contributed by atoms with E-state index in [9.17, 15) is 4.79 Å². The summed E-state index contributed by atoms with van der Waals surface area (Å²) in [6, 6.07) is 17.6. The molecule has 0 spiro atoms. The summed E-state index contributed by atoms with van der Waals surface area (Å²) >= 11 is 1.41. The molecule has 0 unspecified atom stereocenters. The number of aromatic nitrogens is 1. The normalized spacial score (nSPS) is 10.3. The number of nitrogens with one attached hydrogen (secondary N) is 2. The van der Waals surface area contributed by atoms with E-state index in [-0.39, 0.29) is 5.91 Å². The van der Waals surface area contributed by atoms with Crippen molar-refractivity contribution in [1.29, 1.82) is 0 Å². The molecule has 0 fully saturated rings. The number of hydrogen-bond donors (Lipinski definition) is 2. The first-order valence-electron chi connectivity index (χ1n) is 7.29. The molecule has 0 saturated heterocycles. The van der Waals surface area contributed by atoms with Crippen LogP contribution in [0.3, 0.4) is 0 Å². The van der Waals surface area contributed by atoms with Crippen LogP contribution in [0.1, 0.15) is 20.4 Å². The number of anilines is 3. The first-order valence-corrected chi connectivity index (χ1v) is 8.11. The van der Waals surface area contributed by atoms with Gasteiger partial charge in [-0.2, -0.15) is 0 Å². The van der Waals surface area contributed by atoms with Crippen LogP contribution in [-0.2, 0) is 0 Å². The highest BCUT2D eigenvalue weighted by atomic mass is 32.1. The lowest BCUT2D eigenvalue weighted by Crippen LogP contribution is -2.11. The Morgan fingerprint density at radius 2 is 1.52 bits per heavy atom. The molecule has 1 aromatic heterocycles. The van der Waals surface area contributed by atoms with Gasteiger partial charge in [-0.05, 0) is 50.2 Å². The molecule has 0 bridgehead atoms. The van der Waals surface area contributed by atoms with Gasteiger partial charge in [-0.1, -0.05) is 18.2 Å². The summed E-state index contributed by atoms with van der Waals surface area (Å²) < 4.78 is 0. The molecule has 116 valence electrons. The van der Waals surface area contributed by atoms with Crippen LogP contribution in [0.5, 0.6) is 0 Å². The quantitative estimate of drug-likeness (QED) is 0.728. The molecule has 3 aromatic rings. The summed E-state index contributed by atoms with van der Waals surface area (Å²) in [6.07, 6.45) is 0. The second kappa shape index (κ2) is 6.62. The second-order valence-corrected chi connectivity index (χ2v) is 6.37. The maximum atomic E-state index is 12.3. The Labute approximate surface area is 139 Å². The van der Waals surface area contributed by atoms with Crippen LogP contribution in [0, 0.1) is 13.8 Å². The van der Waals surface area contributed by atoms with Gasteiger partial charge >= 0.3 is 0 Å². The predicted octanol–water partition coefficient (Wildman–Crippen LogP) is 4.76. The molecule has 1 amide bonds. The molecule has 23 heavy (non-hydrogen) atoms. The van der Waals surface area contributed by atoms with Crippen LogP contribution in [0.15, 0.2) is 54.6 Å². The van der Waals surface area contributed by atoms with E-state index in [2.05, 4.69) is 15.6 Å². The van der Waals surface area contributed by atoms with Crippen molar-refractivity contribution < 1.29 is 4.79 Å². The van der Waals surface area contributed by atoms with Gasteiger partial charge in [0.2, 0.25) is 0 Å². The molecule has 0 saturated carbocycles. The van der Waals surface area contributed by atoms with Gasteiger partial charge in [0, 0.05) is 17.1 Å². The van der Waals surface area contributed by atoms with Crippen molar-refractivity contribution in [3.63, 3.8) is 0 Å². The van der Waals surface area contributed by atoms with E-state index in [1.807, 2.05) is 68.4 Å². The standard InChI is InChI=1S/C18H17N3OS/c1-12-17(23-13(2)19-12)18(22)21-16-10-8-15(9-11-16)20-14-6-4-3-5-7-14/h3-11,20H,1-2H3,(H,21,22). The summed E-state index contributed by atoms with van der Waals surface area (Å²) in [5.74, 6) is -0.114. The molecule has 0 aliphatic heterocycles. The third-order valence-electron chi connectivity index (χ3n) is 3.31. The fraction of sp³-hybridized carbons (Fsp3) is 0.111. The SMILES string of the molecule is Cc1nc(C)c(C(=O)Nc2ccc(Nc3ccccc3)cc2)s1. The average Bonchev–Trinajstić information content (AvgIpc) is 2.89. The molecule has 3 rings (SSSR count). The van der Waals surface area contributed by atoms with Crippen LogP contribution in [-0.4, -0.2) is 10.9 Å². The van der Waals surface area contributed by atoms with Gasteiger partial charge in [-0.15, -0.1) is 11.3 Å². The third kappa shape index (κ3) is 3.76. The molecular formula is C18H17N3OS. The van der Waals surface area contributed by atoms with Crippen molar-refractivity contribution in [3.05, 3.63) is 70.2 Å². The van der Waals surface area contributed by atoms with Crippen LogP contribution < -0.4 is 10.6 Å². The number of aryl methyl sites for hydroxylation is 2. The number of amides is 1. The van der Waals surface area contributed by atoms with E-state index >= 15 is 0 Å². The Hall–Kier alpha value is -2.66. The third-order valence-corrected chi connectivity index (χ3v) is 4.39. The minimum absolute atomic E-state index is 0.114. The second-order valence-electron chi connectivity index (χ2n) is 5.17. The maximum Gasteiger partial charge on any atom is 0.267 e. The number of para-hydroxylation sites is 1. The maximum absolute atomic E-state index is 12.3. The smallest absolute Gasteiger partial charge is 0.267 e. The Kier molecular flexibility index (Phi) is 4.39. The number of benzene rings is 2. The van der Waals surface area contributed by atoms with Crippen molar-refractivity contribution in [1.82, 2.24) is 4.98 Å². The lowest BCUT2D eigenvalue weighted by molar-refractivity contribution is 0.103. The average molecular weight is 323 g/mol. The Balaban J connectivity index is 1.68. The highest BCUT2D eigenvalue weighted by molar-refractivity contribution is 7.13. The lowest BCUT2D eigenvalue weighted by atomic mass is 10.2. The van der Waals surface area contributed by atoms with Crippen molar-refractivity contribution in [2.75, 3.05) is 10.6 Å². The topological polar surface area (TPSA) is 54.0 Å². The first kappa shape index (κ1) is 15.2. The molecular weight excluding hydrogens is 306 g/mol. The zero-order valence-electron chi connectivity index (χ0n) is 13.0. The summed E-state index contributed by atoms with van der Waals surface area (Å²) in [5, 5.41) is 7.11. The molecule has 1 heterocycles. The minimum atomic E-state index is -0.114. The van der Waals surface area contributed by atoms with Gasteiger partial charge in [0.05, 0.1) is 10.7 Å². The summed E-state index contributed by atoms with van der Waals surface area (Å²) in [6.45, 7) is 3.75. The number of carbonyl (C=O) groups excluding carboxylic acids is 1. The largest absolute Gasteiger partial charge is 0.356 e. The van der Waals surface area contributed by atoms with Crippen molar-refractivity contribution in [2.24, 2.45) is 0 Å². The van der Waals surface area contributed by atoms with Gasteiger partial charge in [-0.25, -0.2) is 4.98 Å². The fourth-order valence-electron chi connectivity index (χ4n) is 2.25. The minimum Gasteiger partial charge on any atom is -0.356 e. The fourth-order valence-corrected chi connectivity index (χ4v) is 3.07. The van der Waals surface area contributed by atoms with E-state index in [0.717, 1.165) is 27.8 Å². The van der Waals surface area contributed by atoms with E-state index < -0.39 is 0 Å². The van der Waals surface area contributed by atoms with Gasteiger partial charge in [0.15, 0.2) is 0 Å². The number of rotatable bonds is 4. The van der Waals surface area contributed by atoms with Crippen LogP contribution >= 0.6 is 11.3 Å². The van der Waals surface area contributed by atoms with Gasteiger partial charge in [0.25, 0.3) is 5.91 Å². The number of carbonyl (C=O) groups is 1. The molecule has 4 nitrogen and oxygen atoms in total. The molecule has 0 atom stereocenters. The van der Waals surface area contributed by atoms with Crippen molar-refractivity contribution in [2.45, 2.75) is 13.8 Å². The summed E-state index contributed by atoms with van der Waals surface area (Å²) in [4.78, 5) is 17.2. The van der Waals surface area contributed by atoms with Crippen LogP contribution in [0.4, 0.5) is 17.1 Å². The summed E-state index contributed by atoms with van der Waals surface area (Å²) in [5.41, 5.74) is 3.53. The van der Waals surface area contributed by atoms with E-state index in [4.69, 9.17) is 0 Å². The number of hydrogen-bond acceptors (Lipinski definition) is 4. The van der Waals surface area contributed by atoms with Crippen molar-refractivity contribution >= 4 is 34.3 Å². The van der Waals surface area contributed by atoms with E-state index in [1.54, 1.807) is 0 Å². The highest BCUT2D eigenvalue weighted by Crippen LogP contribution is 2.21. The first-order chi connectivity index (χ1) is 11.1. The Bertz CT molecular complexity index is 810. The molecule has 2 N–H and O–H groups in total. The summed E-state index contributed by atoms with van der Waals surface area (Å²) in [7, 11) is 0. The molecule has 0 aliphatic carbocycles.